The van der Waals surface area contributed by atoms with Crippen LogP contribution in [0.2, 0.25) is 0 Å². The number of aryl methyl sites for hydroxylation is 1. The van der Waals surface area contributed by atoms with Gasteiger partial charge in [0.2, 0.25) is 11.8 Å². The molecule has 28 heavy (non-hydrogen) atoms. The number of hydrogen-bond acceptors (Lipinski definition) is 3. The van der Waals surface area contributed by atoms with Crippen LogP contribution in [0.15, 0.2) is 24.3 Å². The Hall–Kier alpha value is -2.37. The van der Waals surface area contributed by atoms with E-state index in [2.05, 4.69) is 10.6 Å². The summed E-state index contributed by atoms with van der Waals surface area (Å²) in [7, 11) is 0. The Kier molecular flexibility index (Phi) is 6.37. The standard InChI is InChI=1S/C22H31N3O3/c1-14(2)22(28)25-12-10-16(11-13-25)19(21(27)23-18-8-9-18)24-20(26)17-6-4-15(3)5-7-17/h4-7,14,16,18-19H,8-13H2,1-3H3,(H,23,27)(H,24,26). The maximum atomic E-state index is 12.8. The van der Waals surface area contributed by atoms with Gasteiger partial charge in [-0.3, -0.25) is 14.4 Å². The van der Waals surface area contributed by atoms with Crippen molar-refractivity contribution in [2.24, 2.45) is 11.8 Å². The van der Waals surface area contributed by atoms with E-state index in [0.29, 0.717) is 18.7 Å². The highest BCUT2D eigenvalue weighted by atomic mass is 16.2. The number of hydrogen-bond donors (Lipinski definition) is 2. The van der Waals surface area contributed by atoms with E-state index in [1.54, 1.807) is 12.1 Å². The Morgan fingerprint density at radius 1 is 1.00 bits per heavy atom. The maximum absolute atomic E-state index is 12.8. The average Bonchev–Trinajstić information content (AvgIpc) is 3.50. The Balaban J connectivity index is 1.67. The first-order valence-corrected chi connectivity index (χ1v) is 10.3. The second kappa shape index (κ2) is 8.76. The molecular weight excluding hydrogens is 354 g/mol. The van der Waals surface area contributed by atoms with Gasteiger partial charge < -0.3 is 15.5 Å². The largest absolute Gasteiger partial charge is 0.352 e. The molecule has 2 fully saturated rings. The van der Waals surface area contributed by atoms with Crippen LogP contribution in [0.4, 0.5) is 0 Å². The Bertz CT molecular complexity index is 717. The average molecular weight is 386 g/mol. The van der Waals surface area contributed by atoms with Gasteiger partial charge in [-0.2, -0.15) is 0 Å². The van der Waals surface area contributed by atoms with Crippen molar-refractivity contribution in [1.82, 2.24) is 15.5 Å². The van der Waals surface area contributed by atoms with Gasteiger partial charge in [0, 0.05) is 30.6 Å². The molecule has 1 aliphatic heterocycles. The zero-order valence-corrected chi connectivity index (χ0v) is 17.0. The van der Waals surface area contributed by atoms with Crippen molar-refractivity contribution in [3.05, 3.63) is 35.4 Å². The molecule has 6 nitrogen and oxygen atoms in total. The quantitative estimate of drug-likeness (QED) is 0.788. The van der Waals surface area contributed by atoms with Crippen LogP contribution in [0.1, 0.15) is 55.5 Å². The lowest BCUT2D eigenvalue weighted by Gasteiger charge is -2.36. The third kappa shape index (κ3) is 5.12. The van der Waals surface area contributed by atoms with Gasteiger partial charge >= 0.3 is 0 Å². The van der Waals surface area contributed by atoms with Crippen LogP contribution < -0.4 is 10.6 Å². The van der Waals surface area contributed by atoms with Gasteiger partial charge in [0.05, 0.1) is 0 Å². The van der Waals surface area contributed by atoms with E-state index in [1.807, 2.05) is 37.8 Å². The van der Waals surface area contributed by atoms with Crippen molar-refractivity contribution >= 4 is 17.7 Å². The molecule has 3 rings (SSSR count). The SMILES string of the molecule is Cc1ccc(C(=O)NC(C(=O)NC2CC2)C2CCN(C(=O)C(C)C)CC2)cc1. The molecule has 1 heterocycles. The first kappa shape index (κ1) is 20.4. The third-order valence-corrected chi connectivity index (χ3v) is 5.62. The minimum Gasteiger partial charge on any atom is -0.352 e. The van der Waals surface area contributed by atoms with Gasteiger partial charge in [-0.05, 0) is 50.7 Å². The lowest BCUT2D eigenvalue weighted by Crippen LogP contribution is -2.54. The van der Waals surface area contributed by atoms with Crippen LogP contribution in [0.5, 0.6) is 0 Å². The summed E-state index contributed by atoms with van der Waals surface area (Å²) in [4.78, 5) is 39.7. The van der Waals surface area contributed by atoms with E-state index in [4.69, 9.17) is 0 Å². The first-order valence-electron chi connectivity index (χ1n) is 10.3. The minimum atomic E-state index is -0.564. The highest BCUT2D eigenvalue weighted by molar-refractivity contribution is 5.97. The fourth-order valence-electron chi connectivity index (χ4n) is 3.66. The van der Waals surface area contributed by atoms with Crippen LogP contribution in [-0.4, -0.2) is 47.8 Å². The second-order valence-electron chi connectivity index (χ2n) is 8.42. The van der Waals surface area contributed by atoms with Crippen LogP contribution in [-0.2, 0) is 9.59 Å². The summed E-state index contributed by atoms with van der Waals surface area (Å²) in [5.74, 6) is -0.162. The molecule has 1 aromatic rings. The summed E-state index contributed by atoms with van der Waals surface area (Å²) in [5.41, 5.74) is 1.64. The molecule has 0 bridgehead atoms. The smallest absolute Gasteiger partial charge is 0.251 e. The summed E-state index contributed by atoms with van der Waals surface area (Å²) in [6.07, 6.45) is 3.45. The van der Waals surface area contributed by atoms with Crippen LogP contribution in [0, 0.1) is 18.8 Å². The fraction of sp³-hybridized carbons (Fsp3) is 0.591. The van der Waals surface area contributed by atoms with Crippen molar-refractivity contribution in [3.63, 3.8) is 0 Å². The van der Waals surface area contributed by atoms with Crippen LogP contribution in [0.25, 0.3) is 0 Å². The molecule has 1 aromatic carbocycles. The normalized spacial score (nSPS) is 18.6. The first-order chi connectivity index (χ1) is 13.3. The molecular formula is C22H31N3O3. The topological polar surface area (TPSA) is 78.5 Å². The number of likely N-dealkylation sites (tertiary alicyclic amines) is 1. The number of carbonyl (C=O) groups excluding carboxylic acids is 3. The number of nitrogens with one attached hydrogen (secondary N) is 2. The van der Waals surface area contributed by atoms with E-state index in [1.165, 1.54) is 0 Å². The second-order valence-corrected chi connectivity index (χ2v) is 8.42. The molecule has 3 amide bonds. The Labute approximate surface area is 167 Å². The van der Waals surface area contributed by atoms with Crippen molar-refractivity contribution in [1.29, 1.82) is 0 Å². The zero-order chi connectivity index (χ0) is 20.3. The highest BCUT2D eigenvalue weighted by Crippen LogP contribution is 2.24. The van der Waals surface area contributed by atoms with Gasteiger partial charge in [-0.1, -0.05) is 31.5 Å². The zero-order valence-electron chi connectivity index (χ0n) is 17.0. The summed E-state index contributed by atoms with van der Waals surface area (Å²) in [6.45, 7) is 7.05. The molecule has 2 aliphatic rings. The lowest BCUT2D eigenvalue weighted by molar-refractivity contribution is -0.136. The number of piperidine rings is 1. The van der Waals surface area contributed by atoms with Crippen molar-refractivity contribution in [2.45, 2.75) is 58.5 Å². The Morgan fingerprint density at radius 3 is 2.14 bits per heavy atom. The van der Waals surface area contributed by atoms with Crippen molar-refractivity contribution in [2.75, 3.05) is 13.1 Å². The van der Waals surface area contributed by atoms with E-state index in [0.717, 1.165) is 31.2 Å². The van der Waals surface area contributed by atoms with Crippen molar-refractivity contribution in [3.8, 4) is 0 Å². The van der Waals surface area contributed by atoms with Gasteiger partial charge in [0.15, 0.2) is 0 Å². The summed E-state index contributed by atoms with van der Waals surface area (Å²) >= 11 is 0. The summed E-state index contributed by atoms with van der Waals surface area (Å²) in [5, 5.41) is 6.00. The third-order valence-electron chi connectivity index (χ3n) is 5.62. The van der Waals surface area contributed by atoms with Gasteiger partial charge in [0.1, 0.15) is 6.04 Å². The number of carbonyl (C=O) groups is 3. The molecule has 1 atom stereocenters. The monoisotopic (exact) mass is 385 g/mol. The van der Waals surface area contributed by atoms with Gasteiger partial charge in [0.25, 0.3) is 5.91 Å². The molecule has 1 saturated heterocycles. The Morgan fingerprint density at radius 2 is 1.61 bits per heavy atom. The number of rotatable bonds is 6. The van der Waals surface area contributed by atoms with E-state index in [9.17, 15) is 14.4 Å². The molecule has 0 spiro atoms. The van der Waals surface area contributed by atoms with Gasteiger partial charge in [-0.25, -0.2) is 0 Å². The van der Waals surface area contributed by atoms with Crippen LogP contribution >= 0.6 is 0 Å². The minimum absolute atomic E-state index is 0.0215. The predicted molar refractivity (Wildman–Crippen MR) is 108 cm³/mol. The molecule has 0 radical (unpaired) electrons. The fourth-order valence-corrected chi connectivity index (χ4v) is 3.66. The van der Waals surface area contributed by atoms with Crippen LogP contribution in [0.3, 0.4) is 0 Å². The molecule has 6 heteroatoms. The molecule has 0 aromatic heterocycles. The molecule has 2 N–H and O–H groups in total. The molecule has 152 valence electrons. The predicted octanol–water partition coefficient (Wildman–Crippen LogP) is 2.27. The number of nitrogens with zero attached hydrogens (tertiary/aromatic N) is 1. The summed E-state index contributed by atoms with van der Waals surface area (Å²) < 4.78 is 0. The molecule has 1 aliphatic carbocycles. The highest BCUT2D eigenvalue weighted by Gasteiger charge is 2.36. The number of amides is 3. The summed E-state index contributed by atoms with van der Waals surface area (Å²) in [6, 6.07) is 7.03. The van der Waals surface area contributed by atoms with Crippen molar-refractivity contribution < 1.29 is 14.4 Å². The molecule has 1 unspecified atom stereocenters. The lowest BCUT2D eigenvalue weighted by atomic mass is 9.88. The van der Waals surface area contributed by atoms with E-state index >= 15 is 0 Å². The van der Waals surface area contributed by atoms with E-state index < -0.39 is 6.04 Å². The maximum Gasteiger partial charge on any atom is 0.251 e. The van der Waals surface area contributed by atoms with Gasteiger partial charge in [-0.15, -0.1) is 0 Å². The number of benzene rings is 1. The van der Waals surface area contributed by atoms with E-state index in [-0.39, 0.29) is 35.6 Å². The molecule has 1 saturated carbocycles.